The van der Waals surface area contributed by atoms with Gasteiger partial charge in [0.05, 0.1) is 12.3 Å². The number of anilines is 1. The van der Waals surface area contributed by atoms with Crippen molar-refractivity contribution in [2.75, 3.05) is 11.9 Å². The summed E-state index contributed by atoms with van der Waals surface area (Å²) in [5.41, 5.74) is 0.508. The van der Waals surface area contributed by atoms with Crippen LogP contribution in [0.25, 0.3) is 0 Å². The average Bonchev–Trinajstić information content (AvgIpc) is 2.84. The number of aromatic hydroxyl groups is 1. The van der Waals surface area contributed by atoms with Crippen LogP contribution in [0.3, 0.4) is 0 Å². The lowest BCUT2D eigenvalue weighted by molar-refractivity contribution is 0.0513. The number of carbonyl (C=O) groups excluding carboxylic acids is 2. The van der Waals surface area contributed by atoms with E-state index in [1.165, 1.54) is 16.8 Å². The fourth-order valence-corrected chi connectivity index (χ4v) is 1.74. The number of esters is 1. The van der Waals surface area contributed by atoms with Crippen LogP contribution in [-0.4, -0.2) is 33.4 Å². The molecule has 21 heavy (non-hydrogen) atoms. The molecule has 0 aliphatic heterocycles. The molecule has 0 aliphatic rings. The minimum atomic E-state index is -0.547. The highest BCUT2D eigenvalue weighted by molar-refractivity contribution is 6.04. The number of amides is 1. The Morgan fingerprint density at radius 2 is 2.10 bits per heavy atom. The van der Waals surface area contributed by atoms with E-state index in [0.29, 0.717) is 0 Å². The Morgan fingerprint density at radius 1 is 1.38 bits per heavy atom. The number of nitrogens with zero attached hydrogens (tertiary/aromatic N) is 2. The molecule has 1 heterocycles. The van der Waals surface area contributed by atoms with E-state index in [2.05, 4.69) is 10.4 Å². The number of nitrogens with one attached hydrogen (secondary N) is 1. The topological polar surface area (TPSA) is 93.5 Å². The summed E-state index contributed by atoms with van der Waals surface area (Å²) in [6.45, 7) is 1.93. The molecular weight excluding hydrogens is 274 g/mol. The molecular formula is C14H15N3O4. The van der Waals surface area contributed by atoms with Gasteiger partial charge >= 0.3 is 5.97 Å². The van der Waals surface area contributed by atoms with Gasteiger partial charge in [0.15, 0.2) is 5.69 Å². The molecule has 1 aromatic carbocycles. The van der Waals surface area contributed by atoms with Gasteiger partial charge in [-0.25, -0.2) is 4.79 Å². The number of aryl methyl sites for hydroxylation is 1. The molecule has 7 heteroatoms. The van der Waals surface area contributed by atoms with E-state index in [1.54, 1.807) is 32.2 Å². The molecule has 0 fully saturated rings. The first kappa shape index (κ1) is 14.6. The highest BCUT2D eigenvalue weighted by Crippen LogP contribution is 2.22. The number of hydrogen-bond donors (Lipinski definition) is 2. The van der Waals surface area contributed by atoms with Crippen LogP contribution in [0.5, 0.6) is 5.75 Å². The van der Waals surface area contributed by atoms with Crippen LogP contribution in [-0.2, 0) is 11.8 Å². The van der Waals surface area contributed by atoms with Crippen molar-refractivity contribution in [3.63, 3.8) is 0 Å². The number of phenolic OH excluding ortho intramolecular Hbond substituents is 1. The SMILES string of the molecule is CCOC(=O)c1cc(C(=O)Nc2ccccc2O)nn1C. The lowest BCUT2D eigenvalue weighted by atomic mass is 10.2. The second-order valence-corrected chi connectivity index (χ2v) is 4.23. The fourth-order valence-electron chi connectivity index (χ4n) is 1.74. The van der Waals surface area contributed by atoms with Gasteiger partial charge in [-0.15, -0.1) is 0 Å². The lowest BCUT2D eigenvalue weighted by Crippen LogP contribution is -2.13. The normalized spacial score (nSPS) is 10.2. The number of carbonyl (C=O) groups is 2. The third-order valence-corrected chi connectivity index (χ3v) is 2.75. The van der Waals surface area contributed by atoms with E-state index in [1.807, 2.05) is 0 Å². The molecule has 0 bridgehead atoms. The number of benzene rings is 1. The zero-order valence-corrected chi connectivity index (χ0v) is 11.7. The summed E-state index contributed by atoms with van der Waals surface area (Å²) in [4.78, 5) is 23.7. The van der Waals surface area contributed by atoms with Crippen LogP contribution in [0, 0.1) is 0 Å². The summed E-state index contributed by atoms with van der Waals surface area (Å²) < 4.78 is 6.14. The molecule has 0 saturated heterocycles. The first-order chi connectivity index (χ1) is 10.0. The third kappa shape index (κ3) is 3.19. The zero-order chi connectivity index (χ0) is 15.4. The number of ether oxygens (including phenoxy) is 1. The van der Waals surface area contributed by atoms with Gasteiger partial charge in [0.25, 0.3) is 5.91 Å². The number of hydrogen-bond acceptors (Lipinski definition) is 5. The van der Waals surface area contributed by atoms with Crippen LogP contribution in [0.4, 0.5) is 5.69 Å². The van der Waals surface area contributed by atoms with E-state index in [4.69, 9.17) is 4.74 Å². The molecule has 0 saturated carbocycles. The fraction of sp³-hybridized carbons (Fsp3) is 0.214. The van der Waals surface area contributed by atoms with Crippen molar-refractivity contribution >= 4 is 17.6 Å². The molecule has 1 aromatic heterocycles. The summed E-state index contributed by atoms with van der Waals surface area (Å²) in [6, 6.07) is 7.68. The smallest absolute Gasteiger partial charge is 0.356 e. The molecule has 2 aromatic rings. The van der Waals surface area contributed by atoms with Crippen LogP contribution in [0.15, 0.2) is 30.3 Å². The summed E-state index contributed by atoms with van der Waals surface area (Å²) in [5.74, 6) is -1.12. The van der Waals surface area contributed by atoms with Gasteiger partial charge in [-0.1, -0.05) is 12.1 Å². The van der Waals surface area contributed by atoms with E-state index in [-0.39, 0.29) is 29.4 Å². The lowest BCUT2D eigenvalue weighted by Gasteiger charge is -2.04. The molecule has 2 N–H and O–H groups in total. The monoisotopic (exact) mass is 289 g/mol. The van der Waals surface area contributed by atoms with Crippen LogP contribution in [0.2, 0.25) is 0 Å². The molecule has 0 atom stereocenters. The van der Waals surface area contributed by atoms with E-state index >= 15 is 0 Å². The molecule has 0 unspecified atom stereocenters. The van der Waals surface area contributed by atoms with Crippen molar-refractivity contribution in [1.82, 2.24) is 9.78 Å². The quantitative estimate of drug-likeness (QED) is 0.658. The first-order valence-corrected chi connectivity index (χ1v) is 6.33. The van der Waals surface area contributed by atoms with Crippen molar-refractivity contribution in [2.45, 2.75) is 6.92 Å². The molecule has 0 spiro atoms. The van der Waals surface area contributed by atoms with Gasteiger partial charge in [0.1, 0.15) is 11.4 Å². The standard InChI is InChI=1S/C14H15N3O4/c1-3-21-14(20)11-8-10(16-17(11)2)13(19)15-9-6-4-5-7-12(9)18/h4-8,18H,3H2,1-2H3,(H,15,19). The number of rotatable bonds is 4. The van der Waals surface area contributed by atoms with Gasteiger partial charge in [-0.3, -0.25) is 9.48 Å². The van der Waals surface area contributed by atoms with Gasteiger partial charge in [-0.2, -0.15) is 5.10 Å². The maximum atomic E-state index is 12.1. The summed E-state index contributed by atoms with van der Waals surface area (Å²) in [6.07, 6.45) is 0. The average molecular weight is 289 g/mol. The Balaban J connectivity index is 2.19. The Hall–Kier alpha value is -2.83. The Morgan fingerprint density at radius 3 is 2.76 bits per heavy atom. The molecule has 1 amide bonds. The highest BCUT2D eigenvalue weighted by atomic mass is 16.5. The minimum absolute atomic E-state index is 0.0487. The summed E-state index contributed by atoms with van der Waals surface area (Å²) in [5, 5.41) is 16.1. The van der Waals surface area contributed by atoms with E-state index in [0.717, 1.165) is 0 Å². The molecule has 2 rings (SSSR count). The Bertz CT molecular complexity index is 679. The predicted octanol–water partition coefficient (Wildman–Crippen LogP) is 1.55. The van der Waals surface area contributed by atoms with Gasteiger partial charge in [0.2, 0.25) is 0 Å². The maximum Gasteiger partial charge on any atom is 0.356 e. The second-order valence-electron chi connectivity index (χ2n) is 4.23. The summed E-state index contributed by atoms with van der Waals surface area (Å²) >= 11 is 0. The van der Waals surface area contributed by atoms with Gasteiger partial charge < -0.3 is 15.2 Å². The van der Waals surface area contributed by atoms with Crippen molar-refractivity contribution < 1.29 is 19.4 Å². The van der Waals surface area contributed by atoms with Gasteiger partial charge in [0, 0.05) is 13.1 Å². The van der Waals surface area contributed by atoms with Crippen molar-refractivity contribution in [3.8, 4) is 5.75 Å². The van der Waals surface area contributed by atoms with Crippen LogP contribution < -0.4 is 5.32 Å². The number of aromatic nitrogens is 2. The van der Waals surface area contributed by atoms with Crippen LogP contribution in [0.1, 0.15) is 27.9 Å². The number of phenols is 1. The van der Waals surface area contributed by atoms with E-state index < -0.39 is 11.9 Å². The molecule has 7 nitrogen and oxygen atoms in total. The van der Waals surface area contributed by atoms with Crippen LogP contribution >= 0.6 is 0 Å². The largest absolute Gasteiger partial charge is 0.506 e. The zero-order valence-electron chi connectivity index (χ0n) is 11.7. The first-order valence-electron chi connectivity index (χ1n) is 6.33. The molecule has 0 aliphatic carbocycles. The van der Waals surface area contributed by atoms with Crippen molar-refractivity contribution in [1.29, 1.82) is 0 Å². The van der Waals surface area contributed by atoms with Gasteiger partial charge in [-0.05, 0) is 19.1 Å². The summed E-state index contributed by atoms with van der Waals surface area (Å²) in [7, 11) is 1.54. The van der Waals surface area contributed by atoms with Crippen molar-refractivity contribution in [2.24, 2.45) is 7.05 Å². The Labute approximate surface area is 121 Å². The minimum Gasteiger partial charge on any atom is -0.506 e. The molecule has 110 valence electrons. The Kier molecular flexibility index (Phi) is 4.22. The van der Waals surface area contributed by atoms with E-state index in [9.17, 15) is 14.7 Å². The second kappa shape index (κ2) is 6.08. The predicted molar refractivity (Wildman–Crippen MR) is 75.2 cm³/mol. The number of para-hydroxylation sites is 2. The maximum absolute atomic E-state index is 12.1. The third-order valence-electron chi connectivity index (χ3n) is 2.75. The molecule has 0 radical (unpaired) electrons. The highest BCUT2D eigenvalue weighted by Gasteiger charge is 2.19. The van der Waals surface area contributed by atoms with Crippen molar-refractivity contribution in [3.05, 3.63) is 41.7 Å².